The number of hydrogen-bond acceptors (Lipinski definition) is 7. The van der Waals surface area contributed by atoms with Crippen molar-refractivity contribution >= 4 is 17.4 Å². The molecular weight excluding hydrogens is 412 g/mol. The van der Waals surface area contributed by atoms with Crippen LogP contribution >= 0.6 is 11.8 Å². The lowest BCUT2D eigenvalue weighted by Crippen LogP contribution is -2.52. The molecule has 2 N–H and O–H groups in total. The summed E-state index contributed by atoms with van der Waals surface area (Å²) in [7, 11) is 1.63. The molecule has 0 radical (unpaired) electrons. The normalized spacial score (nSPS) is 20.7. The van der Waals surface area contributed by atoms with E-state index in [0.29, 0.717) is 23.8 Å². The Morgan fingerprint density at radius 2 is 2.26 bits per heavy atom. The molecule has 0 aliphatic carbocycles. The summed E-state index contributed by atoms with van der Waals surface area (Å²) in [6, 6.07) is 11.9. The standard InChI is InChI=1S/C23H26N4O3S/c1-4-20-23(25,8-9-29-20)14-30-18-10-15(11-19(31-3)16(18)12-24)17-13-26-21-6-5-7-22(28-2)27(17)21/h5-7,10-11,13,20H,4,8-9,14,25H2,1-3H3/t20-,23-/m1/s1. The highest BCUT2D eigenvalue weighted by atomic mass is 32.2. The van der Waals surface area contributed by atoms with Gasteiger partial charge in [-0.2, -0.15) is 5.26 Å². The maximum atomic E-state index is 9.82. The summed E-state index contributed by atoms with van der Waals surface area (Å²) < 4.78 is 19.4. The van der Waals surface area contributed by atoms with E-state index >= 15 is 0 Å². The second-order valence-electron chi connectivity index (χ2n) is 7.61. The van der Waals surface area contributed by atoms with E-state index in [1.165, 1.54) is 11.8 Å². The van der Waals surface area contributed by atoms with Crippen molar-refractivity contribution in [2.45, 2.75) is 36.3 Å². The first kappa shape index (κ1) is 21.5. The van der Waals surface area contributed by atoms with Crippen molar-refractivity contribution in [3.05, 3.63) is 42.1 Å². The zero-order chi connectivity index (χ0) is 22.0. The molecule has 2 atom stereocenters. The summed E-state index contributed by atoms with van der Waals surface area (Å²) >= 11 is 1.50. The zero-order valence-corrected chi connectivity index (χ0v) is 18.7. The Morgan fingerprint density at radius 1 is 1.42 bits per heavy atom. The summed E-state index contributed by atoms with van der Waals surface area (Å²) in [6.45, 7) is 2.97. The van der Waals surface area contributed by atoms with Crippen molar-refractivity contribution in [3.63, 3.8) is 0 Å². The number of imidazole rings is 1. The van der Waals surface area contributed by atoms with Crippen molar-refractivity contribution in [3.8, 4) is 29.0 Å². The first-order valence-corrected chi connectivity index (χ1v) is 11.4. The molecule has 3 heterocycles. The topological polar surface area (TPSA) is 94.8 Å². The molecule has 1 saturated heterocycles. The van der Waals surface area contributed by atoms with Crippen molar-refractivity contribution in [2.75, 3.05) is 26.6 Å². The van der Waals surface area contributed by atoms with Crippen LogP contribution in [0.25, 0.3) is 16.9 Å². The van der Waals surface area contributed by atoms with Gasteiger partial charge in [0.2, 0.25) is 0 Å². The van der Waals surface area contributed by atoms with Gasteiger partial charge in [0.15, 0.2) is 5.88 Å². The molecule has 7 nitrogen and oxygen atoms in total. The van der Waals surface area contributed by atoms with E-state index in [1.54, 1.807) is 13.3 Å². The van der Waals surface area contributed by atoms with Gasteiger partial charge in [-0.25, -0.2) is 4.98 Å². The van der Waals surface area contributed by atoms with Gasteiger partial charge in [0, 0.05) is 17.1 Å². The Kier molecular flexibility index (Phi) is 6.10. The highest BCUT2D eigenvalue weighted by Crippen LogP contribution is 2.37. The number of ether oxygens (including phenoxy) is 3. The second-order valence-corrected chi connectivity index (χ2v) is 8.46. The SMILES string of the molecule is CC[C@H]1OCC[C@@]1(N)COc1cc(-c2cnc3cccc(OC)n23)cc(SC)c1C#N. The monoisotopic (exact) mass is 438 g/mol. The molecule has 1 aliphatic rings. The molecule has 4 rings (SSSR count). The van der Waals surface area contributed by atoms with E-state index in [1.807, 2.05) is 41.0 Å². The Morgan fingerprint density at radius 3 is 2.97 bits per heavy atom. The molecule has 1 aliphatic heterocycles. The molecular formula is C23H26N4O3S. The number of thioether (sulfide) groups is 1. The van der Waals surface area contributed by atoms with Gasteiger partial charge in [0.05, 0.1) is 30.6 Å². The zero-order valence-electron chi connectivity index (χ0n) is 17.9. The molecule has 31 heavy (non-hydrogen) atoms. The van der Waals surface area contributed by atoms with Crippen molar-refractivity contribution in [1.82, 2.24) is 9.38 Å². The highest BCUT2D eigenvalue weighted by molar-refractivity contribution is 7.98. The van der Waals surface area contributed by atoms with Crippen LogP contribution < -0.4 is 15.2 Å². The molecule has 1 fully saturated rings. The lowest BCUT2D eigenvalue weighted by Gasteiger charge is -2.29. The van der Waals surface area contributed by atoms with Gasteiger partial charge >= 0.3 is 0 Å². The number of fused-ring (bicyclic) bond motifs is 1. The number of nitriles is 1. The summed E-state index contributed by atoms with van der Waals surface area (Å²) in [6.07, 6.45) is 5.25. The minimum Gasteiger partial charge on any atom is -0.490 e. The third kappa shape index (κ3) is 3.85. The molecule has 162 valence electrons. The van der Waals surface area contributed by atoms with Gasteiger partial charge in [-0.1, -0.05) is 13.0 Å². The summed E-state index contributed by atoms with van der Waals surface area (Å²) in [5.74, 6) is 1.19. The fraction of sp³-hybridized carbons (Fsp3) is 0.391. The minimum atomic E-state index is -0.566. The van der Waals surface area contributed by atoms with Gasteiger partial charge in [0.25, 0.3) is 0 Å². The number of hydrogen-bond donors (Lipinski definition) is 1. The van der Waals surface area contributed by atoms with Crippen LogP contribution in [0.1, 0.15) is 25.3 Å². The first-order valence-electron chi connectivity index (χ1n) is 10.2. The highest BCUT2D eigenvalue weighted by Gasteiger charge is 2.40. The fourth-order valence-corrected chi connectivity index (χ4v) is 4.71. The molecule has 3 aromatic rings. The Labute approximate surface area is 186 Å². The van der Waals surface area contributed by atoms with Crippen molar-refractivity contribution in [1.29, 1.82) is 5.26 Å². The molecule has 2 aromatic heterocycles. The van der Waals surface area contributed by atoms with E-state index in [2.05, 4.69) is 18.0 Å². The van der Waals surface area contributed by atoms with E-state index < -0.39 is 5.54 Å². The summed E-state index contributed by atoms with van der Waals surface area (Å²) in [4.78, 5) is 5.34. The van der Waals surface area contributed by atoms with Crippen LogP contribution in [0.3, 0.4) is 0 Å². The van der Waals surface area contributed by atoms with E-state index in [9.17, 15) is 5.26 Å². The Balaban J connectivity index is 1.77. The summed E-state index contributed by atoms with van der Waals surface area (Å²) in [5.41, 5.74) is 9.06. The number of nitrogens with zero attached hydrogens (tertiary/aromatic N) is 3. The predicted molar refractivity (Wildman–Crippen MR) is 121 cm³/mol. The number of rotatable bonds is 7. The van der Waals surface area contributed by atoms with Crippen LogP contribution in [0.5, 0.6) is 11.6 Å². The quantitative estimate of drug-likeness (QED) is 0.559. The largest absolute Gasteiger partial charge is 0.490 e. The maximum Gasteiger partial charge on any atom is 0.199 e. The lowest BCUT2D eigenvalue weighted by molar-refractivity contribution is 0.0598. The van der Waals surface area contributed by atoms with Crippen LogP contribution in [-0.2, 0) is 4.74 Å². The van der Waals surface area contributed by atoms with Crippen molar-refractivity contribution < 1.29 is 14.2 Å². The van der Waals surface area contributed by atoms with Gasteiger partial charge < -0.3 is 19.9 Å². The molecule has 0 spiro atoms. The van der Waals surface area contributed by atoms with Gasteiger partial charge in [0.1, 0.15) is 29.6 Å². The smallest absolute Gasteiger partial charge is 0.199 e. The first-order chi connectivity index (χ1) is 15.0. The lowest BCUT2D eigenvalue weighted by atomic mass is 9.92. The van der Waals surface area contributed by atoms with Crippen molar-refractivity contribution in [2.24, 2.45) is 5.73 Å². The number of pyridine rings is 1. The minimum absolute atomic E-state index is 0.0516. The van der Waals surface area contributed by atoms with Gasteiger partial charge in [-0.3, -0.25) is 4.40 Å². The van der Waals surface area contributed by atoms with E-state index in [4.69, 9.17) is 19.9 Å². The predicted octanol–water partition coefficient (Wildman–Crippen LogP) is 3.88. The van der Waals surface area contributed by atoms with Gasteiger partial charge in [-0.05, 0) is 43.4 Å². The van der Waals surface area contributed by atoms with Crippen LogP contribution in [0, 0.1) is 11.3 Å². The molecule has 0 saturated carbocycles. The molecule has 0 amide bonds. The van der Waals surface area contributed by atoms with Crippen LogP contribution in [-0.4, -0.2) is 47.6 Å². The van der Waals surface area contributed by atoms with Gasteiger partial charge in [-0.15, -0.1) is 11.8 Å². The Bertz CT molecular complexity index is 1140. The average Bonchev–Trinajstić information content (AvgIpc) is 3.40. The molecule has 8 heteroatoms. The molecule has 0 bridgehead atoms. The third-order valence-corrected chi connectivity index (χ3v) is 6.55. The number of aromatic nitrogens is 2. The fourth-order valence-electron chi connectivity index (χ4n) is 4.11. The van der Waals surface area contributed by atoms with Crippen LogP contribution in [0.2, 0.25) is 0 Å². The number of benzene rings is 1. The van der Waals surface area contributed by atoms with Crippen LogP contribution in [0.4, 0.5) is 0 Å². The maximum absolute atomic E-state index is 9.82. The average molecular weight is 439 g/mol. The number of nitrogens with two attached hydrogens (primary N) is 1. The molecule has 0 unspecified atom stereocenters. The molecule has 1 aromatic carbocycles. The van der Waals surface area contributed by atoms with Crippen LogP contribution in [0.15, 0.2) is 41.4 Å². The Hall–Kier alpha value is -2.73. The van der Waals surface area contributed by atoms with E-state index in [-0.39, 0.29) is 12.7 Å². The number of methoxy groups -OCH3 is 1. The summed E-state index contributed by atoms with van der Waals surface area (Å²) in [5, 5.41) is 9.82. The second kappa shape index (κ2) is 8.79. The third-order valence-electron chi connectivity index (χ3n) is 5.79. The van der Waals surface area contributed by atoms with E-state index in [0.717, 1.165) is 34.6 Å².